The lowest BCUT2D eigenvalue weighted by Crippen LogP contribution is -2.36. The number of hydrogen-bond acceptors (Lipinski definition) is 5. The molecule has 5 heteroatoms. The fraction of sp³-hybridized carbons (Fsp3) is 0. The van der Waals surface area contributed by atoms with Gasteiger partial charge in [0.15, 0.2) is 0 Å². The standard InChI is InChI=1S/C26H20N4S/c1-2-9-19(10-3-1)22-18-29(28-27-22)20-11-8-12-21(17-20)30-23-13-4-6-15-25(23)31-26-16-7-5-14-24(26)30/h1-18,27-28H. The minimum Gasteiger partial charge on any atom is -0.308 e. The van der Waals surface area contributed by atoms with Gasteiger partial charge in [0.05, 0.1) is 22.8 Å². The van der Waals surface area contributed by atoms with Gasteiger partial charge >= 0.3 is 0 Å². The number of hydrazine groups is 2. The third-order valence-electron chi connectivity index (χ3n) is 5.45. The molecule has 2 heterocycles. The minimum atomic E-state index is 1.04. The summed E-state index contributed by atoms with van der Waals surface area (Å²) in [7, 11) is 0. The Labute approximate surface area is 185 Å². The largest absolute Gasteiger partial charge is 0.308 e. The number of benzene rings is 4. The number of anilines is 4. The summed E-state index contributed by atoms with van der Waals surface area (Å²) >= 11 is 1.82. The van der Waals surface area contributed by atoms with E-state index in [-0.39, 0.29) is 0 Å². The third kappa shape index (κ3) is 3.24. The van der Waals surface area contributed by atoms with E-state index >= 15 is 0 Å². The van der Waals surface area contributed by atoms with Crippen molar-refractivity contribution in [2.45, 2.75) is 9.79 Å². The number of hydrogen-bond donors (Lipinski definition) is 2. The lowest BCUT2D eigenvalue weighted by molar-refractivity contribution is 0.689. The minimum absolute atomic E-state index is 1.04. The van der Waals surface area contributed by atoms with Crippen molar-refractivity contribution in [3.05, 3.63) is 115 Å². The monoisotopic (exact) mass is 420 g/mol. The average molecular weight is 421 g/mol. The number of rotatable bonds is 3. The highest BCUT2D eigenvalue weighted by Crippen LogP contribution is 2.51. The van der Waals surface area contributed by atoms with Crippen LogP contribution in [-0.4, -0.2) is 0 Å². The van der Waals surface area contributed by atoms with Gasteiger partial charge in [-0.1, -0.05) is 72.4 Å². The van der Waals surface area contributed by atoms with Crippen LogP contribution < -0.4 is 20.9 Å². The van der Waals surface area contributed by atoms with E-state index in [9.17, 15) is 0 Å². The van der Waals surface area contributed by atoms with Crippen molar-refractivity contribution in [1.29, 1.82) is 0 Å². The Balaban J connectivity index is 1.40. The van der Waals surface area contributed by atoms with Crippen molar-refractivity contribution < 1.29 is 0 Å². The first-order chi connectivity index (χ1) is 15.4. The molecule has 150 valence electrons. The lowest BCUT2D eigenvalue weighted by atomic mass is 10.1. The number of para-hydroxylation sites is 2. The molecule has 31 heavy (non-hydrogen) atoms. The molecule has 0 radical (unpaired) electrons. The molecular formula is C26H20N4S. The summed E-state index contributed by atoms with van der Waals surface area (Å²) in [5, 5.41) is 2.02. The number of nitrogens with zero attached hydrogens (tertiary/aromatic N) is 2. The molecule has 0 amide bonds. The smallest absolute Gasteiger partial charge is 0.0756 e. The first-order valence-corrected chi connectivity index (χ1v) is 11.0. The molecule has 0 fully saturated rings. The van der Waals surface area contributed by atoms with Crippen molar-refractivity contribution in [2.75, 3.05) is 9.91 Å². The summed E-state index contributed by atoms with van der Waals surface area (Å²) in [6.07, 6.45) is 2.09. The van der Waals surface area contributed by atoms with E-state index in [0.717, 1.165) is 22.6 Å². The van der Waals surface area contributed by atoms with Gasteiger partial charge in [-0.15, -0.1) is 5.53 Å². The predicted octanol–water partition coefficient (Wildman–Crippen LogP) is 6.45. The molecule has 2 aliphatic rings. The van der Waals surface area contributed by atoms with Gasteiger partial charge in [0, 0.05) is 27.2 Å². The molecule has 0 bridgehead atoms. The molecule has 2 N–H and O–H groups in total. The molecule has 0 saturated heterocycles. The van der Waals surface area contributed by atoms with Crippen molar-refractivity contribution in [3.63, 3.8) is 0 Å². The van der Waals surface area contributed by atoms with Crippen LogP contribution in [0.1, 0.15) is 5.56 Å². The van der Waals surface area contributed by atoms with Crippen molar-refractivity contribution in [1.82, 2.24) is 11.0 Å². The SMILES string of the molecule is C1=C(c2ccccc2)NNN1c1cccc(N2c3ccccc3Sc3ccccc32)c1. The lowest BCUT2D eigenvalue weighted by Gasteiger charge is -2.33. The summed E-state index contributed by atoms with van der Waals surface area (Å²) in [5.74, 6) is 0. The van der Waals surface area contributed by atoms with Crippen molar-refractivity contribution in [3.8, 4) is 0 Å². The van der Waals surface area contributed by atoms with Gasteiger partial charge in [0.1, 0.15) is 0 Å². The van der Waals surface area contributed by atoms with Crippen molar-refractivity contribution >= 4 is 40.2 Å². The molecule has 4 aromatic carbocycles. The van der Waals surface area contributed by atoms with Crippen LogP contribution in [0.15, 0.2) is 119 Å². The van der Waals surface area contributed by atoms with Gasteiger partial charge in [-0.2, -0.15) is 0 Å². The molecule has 0 spiro atoms. The number of fused-ring (bicyclic) bond motifs is 2. The van der Waals surface area contributed by atoms with E-state index in [1.807, 2.05) is 35.0 Å². The Hall–Kier alpha value is -3.67. The molecule has 0 aliphatic carbocycles. The highest BCUT2D eigenvalue weighted by Gasteiger charge is 2.25. The summed E-state index contributed by atoms with van der Waals surface area (Å²) < 4.78 is 0. The Morgan fingerprint density at radius 1 is 0.613 bits per heavy atom. The first-order valence-electron chi connectivity index (χ1n) is 10.2. The van der Waals surface area contributed by atoms with E-state index in [4.69, 9.17) is 0 Å². The normalized spacial score (nSPS) is 14.5. The third-order valence-corrected chi connectivity index (χ3v) is 6.58. The summed E-state index contributed by atoms with van der Waals surface area (Å²) in [4.78, 5) is 4.87. The molecule has 0 saturated carbocycles. The van der Waals surface area contributed by atoms with Crippen LogP contribution in [-0.2, 0) is 0 Å². The van der Waals surface area contributed by atoms with Crippen LogP contribution >= 0.6 is 11.8 Å². The van der Waals surface area contributed by atoms with E-state index in [1.165, 1.54) is 21.2 Å². The topological polar surface area (TPSA) is 30.5 Å². The fourth-order valence-electron chi connectivity index (χ4n) is 3.98. The Morgan fingerprint density at radius 2 is 1.26 bits per heavy atom. The fourth-order valence-corrected chi connectivity index (χ4v) is 5.04. The Morgan fingerprint density at radius 3 is 2.00 bits per heavy atom. The van der Waals surface area contributed by atoms with Crippen LogP contribution in [0.2, 0.25) is 0 Å². The maximum Gasteiger partial charge on any atom is 0.0756 e. The molecule has 6 rings (SSSR count). The highest BCUT2D eigenvalue weighted by atomic mass is 32.2. The van der Waals surface area contributed by atoms with Gasteiger partial charge < -0.3 is 10.3 Å². The van der Waals surface area contributed by atoms with E-state index in [2.05, 4.69) is 107 Å². The van der Waals surface area contributed by atoms with Crippen molar-refractivity contribution in [2.24, 2.45) is 0 Å². The summed E-state index contributed by atoms with van der Waals surface area (Å²) in [6, 6.07) is 36.1. The average Bonchev–Trinajstić information content (AvgIpc) is 3.34. The molecular weight excluding hydrogens is 400 g/mol. The number of nitrogens with one attached hydrogen (secondary N) is 2. The second-order valence-electron chi connectivity index (χ2n) is 7.41. The van der Waals surface area contributed by atoms with Crippen LogP contribution in [0, 0.1) is 0 Å². The summed E-state index contributed by atoms with van der Waals surface area (Å²) in [6.45, 7) is 0. The highest BCUT2D eigenvalue weighted by molar-refractivity contribution is 7.99. The van der Waals surface area contributed by atoms with Gasteiger partial charge in [0.25, 0.3) is 0 Å². The first kappa shape index (κ1) is 18.1. The molecule has 0 unspecified atom stereocenters. The van der Waals surface area contributed by atoms with Crippen LogP contribution in [0.5, 0.6) is 0 Å². The maximum absolute atomic E-state index is 3.27. The van der Waals surface area contributed by atoms with E-state index in [0.29, 0.717) is 0 Å². The molecule has 2 aliphatic heterocycles. The second-order valence-corrected chi connectivity index (χ2v) is 8.49. The van der Waals surface area contributed by atoms with Gasteiger partial charge in [0.2, 0.25) is 0 Å². The summed E-state index contributed by atoms with van der Waals surface area (Å²) in [5.41, 5.74) is 13.3. The quantitative estimate of drug-likeness (QED) is 0.350. The zero-order valence-electron chi connectivity index (χ0n) is 16.7. The van der Waals surface area contributed by atoms with Crippen LogP contribution in [0.4, 0.5) is 22.7 Å². The maximum atomic E-state index is 3.27. The van der Waals surface area contributed by atoms with E-state index in [1.54, 1.807) is 0 Å². The predicted molar refractivity (Wildman–Crippen MR) is 128 cm³/mol. The van der Waals surface area contributed by atoms with Crippen LogP contribution in [0.3, 0.4) is 0 Å². The van der Waals surface area contributed by atoms with Gasteiger partial charge in [-0.25, -0.2) is 0 Å². The zero-order chi connectivity index (χ0) is 20.6. The van der Waals surface area contributed by atoms with Crippen LogP contribution in [0.25, 0.3) is 5.70 Å². The molecule has 0 atom stereocenters. The molecule has 0 aromatic heterocycles. The van der Waals surface area contributed by atoms with Gasteiger partial charge in [-0.05, 0) is 42.5 Å². The molecule has 4 aromatic rings. The van der Waals surface area contributed by atoms with E-state index < -0.39 is 0 Å². The zero-order valence-corrected chi connectivity index (χ0v) is 17.5. The second kappa shape index (κ2) is 7.54. The van der Waals surface area contributed by atoms with Gasteiger partial charge in [-0.3, -0.25) is 5.01 Å². The molecule has 4 nitrogen and oxygen atoms in total. The Kier molecular flexibility index (Phi) is 4.41. The Bertz CT molecular complexity index is 1240.